The smallest absolute Gasteiger partial charge is 0.321 e. The van der Waals surface area contributed by atoms with Crippen LogP contribution in [0.3, 0.4) is 0 Å². The first kappa shape index (κ1) is 14.1. The average molecular weight is 272 g/mol. The molecule has 20 heavy (non-hydrogen) atoms. The third kappa shape index (κ3) is 3.85. The van der Waals surface area contributed by atoms with Crippen molar-refractivity contribution in [3.63, 3.8) is 0 Å². The zero-order chi connectivity index (χ0) is 14.4. The molecule has 1 aromatic heterocycles. The molecule has 2 rings (SSSR count). The third-order valence-corrected chi connectivity index (χ3v) is 2.98. The summed E-state index contributed by atoms with van der Waals surface area (Å²) in [6.45, 7) is 3.48. The first-order valence-electron chi connectivity index (χ1n) is 6.77. The number of rotatable bonds is 5. The maximum Gasteiger partial charge on any atom is 0.321 e. The molecule has 2 amide bonds. The number of hydrogen-bond donors (Lipinski definition) is 1. The molecule has 1 heterocycles. The SMILES string of the molecule is CCCN(C)C(=O)Nc1cnn(Cc2ccccc2)c1. The Morgan fingerprint density at radius 2 is 2.10 bits per heavy atom. The standard InChI is InChI=1S/C15H20N4O/c1-3-9-18(2)15(20)17-14-10-16-19(12-14)11-13-7-5-4-6-8-13/h4-8,10,12H,3,9,11H2,1-2H3,(H,17,20). The number of benzene rings is 1. The summed E-state index contributed by atoms with van der Waals surface area (Å²) < 4.78 is 1.81. The van der Waals surface area contributed by atoms with Crippen LogP contribution in [0.15, 0.2) is 42.7 Å². The van der Waals surface area contributed by atoms with E-state index in [1.807, 2.05) is 36.0 Å². The van der Waals surface area contributed by atoms with Gasteiger partial charge in [-0.25, -0.2) is 4.79 Å². The number of nitrogens with one attached hydrogen (secondary N) is 1. The molecule has 0 atom stereocenters. The van der Waals surface area contributed by atoms with E-state index in [1.54, 1.807) is 18.1 Å². The quantitative estimate of drug-likeness (QED) is 0.910. The molecule has 106 valence electrons. The van der Waals surface area contributed by atoms with Crippen molar-refractivity contribution in [2.45, 2.75) is 19.9 Å². The van der Waals surface area contributed by atoms with Crippen molar-refractivity contribution in [2.75, 3.05) is 18.9 Å². The Balaban J connectivity index is 1.94. The molecule has 1 aromatic carbocycles. The molecule has 0 aliphatic rings. The molecule has 1 N–H and O–H groups in total. The normalized spacial score (nSPS) is 10.3. The predicted octanol–water partition coefficient (Wildman–Crippen LogP) is 2.81. The van der Waals surface area contributed by atoms with Crippen LogP contribution >= 0.6 is 0 Å². The van der Waals surface area contributed by atoms with Gasteiger partial charge < -0.3 is 10.2 Å². The highest BCUT2D eigenvalue weighted by Crippen LogP contribution is 2.08. The lowest BCUT2D eigenvalue weighted by molar-refractivity contribution is 0.222. The summed E-state index contributed by atoms with van der Waals surface area (Å²) in [5.74, 6) is 0. The highest BCUT2D eigenvalue weighted by Gasteiger charge is 2.08. The maximum atomic E-state index is 11.8. The fraction of sp³-hybridized carbons (Fsp3) is 0.333. The molecule has 0 unspecified atom stereocenters. The lowest BCUT2D eigenvalue weighted by atomic mass is 10.2. The molecular formula is C15H20N4O. The lowest BCUT2D eigenvalue weighted by Gasteiger charge is -2.15. The van der Waals surface area contributed by atoms with Crippen LogP contribution in [-0.4, -0.2) is 34.3 Å². The summed E-state index contributed by atoms with van der Waals surface area (Å²) in [5, 5.41) is 7.09. The Bertz CT molecular complexity index is 550. The van der Waals surface area contributed by atoms with Gasteiger partial charge in [0.15, 0.2) is 0 Å². The number of nitrogens with zero attached hydrogens (tertiary/aromatic N) is 3. The number of hydrogen-bond acceptors (Lipinski definition) is 2. The van der Waals surface area contributed by atoms with Crippen LogP contribution in [0.25, 0.3) is 0 Å². The van der Waals surface area contributed by atoms with E-state index in [0.717, 1.165) is 13.0 Å². The number of carbonyl (C=O) groups excluding carboxylic acids is 1. The van der Waals surface area contributed by atoms with Gasteiger partial charge in [0.05, 0.1) is 18.4 Å². The van der Waals surface area contributed by atoms with E-state index in [0.29, 0.717) is 12.2 Å². The van der Waals surface area contributed by atoms with Gasteiger partial charge in [0.2, 0.25) is 0 Å². The molecule has 0 fully saturated rings. The van der Waals surface area contributed by atoms with E-state index >= 15 is 0 Å². The molecular weight excluding hydrogens is 252 g/mol. The fourth-order valence-electron chi connectivity index (χ4n) is 1.94. The maximum absolute atomic E-state index is 11.8. The molecule has 0 aliphatic carbocycles. The van der Waals surface area contributed by atoms with Crippen LogP contribution < -0.4 is 5.32 Å². The minimum Gasteiger partial charge on any atom is -0.328 e. The van der Waals surface area contributed by atoms with Crippen molar-refractivity contribution >= 4 is 11.7 Å². The Kier molecular flexibility index (Phi) is 4.76. The lowest BCUT2D eigenvalue weighted by Crippen LogP contribution is -2.31. The molecule has 0 bridgehead atoms. The van der Waals surface area contributed by atoms with Crippen LogP contribution in [0.2, 0.25) is 0 Å². The van der Waals surface area contributed by atoms with Gasteiger partial charge in [-0.2, -0.15) is 5.10 Å². The second kappa shape index (κ2) is 6.75. The van der Waals surface area contributed by atoms with E-state index < -0.39 is 0 Å². The molecule has 0 saturated heterocycles. The first-order valence-corrected chi connectivity index (χ1v) is 6.77. The van der Waals surface area contributed by atoms with Gasteiger partial charge in [0.1, 0.15) is 0 Å². The van der Waals surface area contributed by atoms with Crippen LogP contribution in [0.1, 0.15) is 18.9 Å². The number of amides is 2. The van der Waals surface area contributed by atoms with Crippen molar-refractivity contribution in [1.29, 1.82) is 0 Å². The Morgan fingerprint density at radius 1 is 1.35 bits per heavy atom. The van der Waals surface area contributed by atoms with Gasteiger partial charge >= 0.3 is 6.03 Å². The highest BCUT2D eigenvalue weighted by atomic mass is 16.2. The third-order valence-electron chi connectivity index (χ3n) is 2.98. The zero-order valence-corrected chi connectivity index (χ0v) is 11.9. The second-order valence-electron chi connectivity index (χ2n) is 4.76. The minimum absolute atomic E-state index is 0.105. The molecule has 0 spiro atoms. The van der Waals surface area contributed by atoms with Gasteiger partial charge in [-0.15, -0.1) is 0 Å². The van der Waals surface area contributed by atoms with Gasteiger partial charge in [-0.3, -0.25) is 4.68 Å². The first-order chi connectivity index (χ1) is 9.69. The van der Waals surface area contributed by atoms with E-state index in [1.165, 1.54) is 5.56 Å². The number of urea groups is 1. The number of anilines is 1. The molecule has 0 saturated carbocycles. The van der Waals surface area contributed by atoms with Crippen LogP contribution in [0.4, 0.5) is 10.5 Å². The van der Waals surface area contributed by atoms with Gasteiger partial charge in [-0.1, -0.05) is 37.3 Å². The van der Waals surface area contributed by atoms with Crippen molar-refractivity contribution in [2.24, 2.45) is 0 Å². The Labute approximate surface area is 119 Å². The highest BCUT2D eigenvalue weighted by molar-refractivity contribution is 5.88. The largest absolute Gasteiger partial charge is 0.328 e. The molecule has 2 aromatic rings. The summed E-state index contributed by atoms with van der Waals surface area (Å²) in [6.07, 6.45) is 4.45. The van der Waals surface area contributed by atoms with Crippen molar-refractivity contribution in [1.82, 2.24) is 14.7 Å². The number of carbonyl (C=O) groups is 1. The van der Waals surface area contributed by atoms with Crippen molar-refractivity contribution in [3.05, 3.63) is 48.3 Å². The van der Waals surface area contributed by atoms with Gasteiger partial charge in [-0.05, 0) is 12.0 Å². The summed E-state index contributed by atoms with van der Waals surface area (Å²) in [7, 11) is 1.78. The monoisotopic (exact) mass is 272 g/mol. The summed E-state index contributed by atoms with van der Waals surface area (Å²) >= 11 is 0. The van der Waals surface area contributed by atoms with Crippen LogP contribution in [0, 0.1) is 0 Å². The molecule has 0 radical (unpaired) electrons. The van der Waals surface area contributed by atoms with E-state index in [4.69, 9.17) is 0 Å². The van der Waals surface area contributed by atoms with E-state index in [-0.39, 0.29) is 6.03 Å². The number of aromatic nitrogens is 2. The molecule has 0 aliphatic heterocycles. The second-order valence-corrected chi connectivity index (χ2v) is 4.76. The van der Waals surface area contributed by atoms with E-state index in [2.05, 4.69) is 22.5 Å². The van der Waals surface area contributed by atoms with Crippen LogP contribution in [0.5, 0.6) is 0 Å². The summed E-state index contributed by atoms with van der Waals surface area (Å²) in [5.41, 5.74) is 1.89. The van der Waals surface area contributed by atoms with Crippen molar-refractivity contribution in [3.8, 4) is 0 Å². The molecule has 5 heteroatoms. The Morgan fingerprint density at radius 3 is 2.80 bits per heavy atom. The van der Waals surface area contributed by atoms with Gasteiger partial charge in [0.25, 0.3) is 0 Å². The van der Waals surface area contributed by atoms with Gasteiger partial charge in [0, 0.05) is 19.8 Å². The topological polar surface area (TPSA) is 50.2 Å². The Hall–Kier alpha value is -2.30. The zero-order valence-electron chi connectivity index (χ0n) is 11.9. The minimum atomic E-state index is -0.105. The predicted molar refractivity (Wildman–Crippen MR) is 79.7 cm³/mol. The molecule has 5 nitrogen and oxygen atoms in total. The fourth-order valence-corrected chi connectivity index (χ4v) is 1.94. The van der Waals surface area contributed by atoms with Crippen LogP contribution in [-0.2, 0) is 6.54 Å². The van der Waals surface area contributed by atoms with Crippen molar-refractivity contribution < 1.29 is 4.79 Å². The summed E-state index contributed by atoms with van der Waals surface area (Å²) in [6, 6.07) is 9.99. The average Bonchev–Trinajstić information content (AvgIpc) is 2.87. The summed E-state index contributed by atoms with van der Waals surface area (Å²) in [4.78, 5) is 13.5. The van der Waals surface area contributed by atoms with E-state index in [9.17, 15) is 4.79 Å².